The fraction of sp³-hybridized carbons (Fsp3) is 0.333. The number of thiophene rings is 2. The van der Waals surface area contributed by atoms with Gasteiger partial charge < -0.3 is 9.80 Å². The van der Waals surface area contributed by atoms with Crippen LogP contribution in [0, 0.1) is 0 Å². The molecule has 3 aromatic heterocycles. The molecule has 0 aliphatic carbocycles. The van der Waals surface area contributed by atoms with Crippen LogP contribution < -0.4 is 4.90 Å². The van der Waals surface area contributed by atoms with Gasteiger partial charge in [0.25, 0.3) is 0 Å². The molecule has 0 atom stereocenters. The number of carbonyl (C=O) groups is 1. The molecule has 4 heterocycles. The highest BCUT2D eigenvalue weighted by Gasteiger charge is 2.23. The summed E-state index contributed by atoms with van der Waals surface area (Å²) in [5.41, 5.74) is 0. The molecular weight excluding hydrogens is 388 g/mol. The van der Waals surface area contributed by atoms with Crippen molar-refractivity contribution in [3.8, 4) is 0 Å². The standard InChI is InChI=1S/C21H24N4OS2/c26-21(25-11-9-24(10-12-25)20-7-1-2-8-22-20)17-23(15-18-5-3-13-27-18)16-19-6-4-14-28-19/h1-8,13-14H,9-12,15-17H2. The first-order valence-corrected chi connectivity index (χ1v) is 11.2. The fourth-order valence-corrected chi connectivity index (χ4v) is 4.92. The molecule has 146 valence electrons. The predicted octanol–water partition coefficient (Wildman–Crippen LogP) is 3.56. The number of piperazine rings is 1. The van der Waals surface area contributed by atoms with E-state index in [-0.39, 0.29) is 5.91 Å². The van der Waals surface area contributed by atoms with Crippen molar-refractivity contribution >= 4 is 34.4 Å². The minimum atomic E-state index is 0.216. The number of hydrogen-bond donors (Lipinski definition) is 0. The van der Waals surface area contributed by atoms with Crippen molar-refractivity contribution in [3.63, 3.8) is 0 Å². The maximum atomic E-state index is 13.0. The Kier molecular flexibility index (Phi) is 6.36. The highest BCUT2D eigenvalue weighted by atomic mass is 32.1. The average Bonchev–Trinajstić information content (AvgIpc) is 3.43. The molecule has 3 aromatic rings. The first-order valence-electron chi connectivity index (χ1n) is 9.49. The molecule has 28 heavy (non-hydrogen) atoms. The zero-order valence-corrected chi connectivity index (χ0v) is 17.4. The number of pyridine rings is 1. The molecule has 1 amide bonds. The molecule has 5 nitrogen and oxygen atoms in total. The van der Waals surface area contributed by atoms with Crippen LogP contribution in [0.4, 0.5) is 5.82 Å². The van der Waals surface area contributed by atoms with Gasteiger partial charge in [0.2, 0.25) is 5.91 Å². The third-order valence-corrected chi connectivity index (χ3v) is 6.61. The molecule has 1 aliphatic rings. The normalized spacial score (nSPS) is 14.6. The highest BCUT2D eigenvalue weighted by Crippen LogP contribution is 2.18. The van der Waals surface area contributed by atoms with Crippen LogP contribution in [-0.2, 0) is 17.9 Å². The summed E-state index contributed by atoms with van der Waals surface area (Å²) in [4.78, 5) is 26.5. The van der Waals surface area contributed by atoms with Gasteiger partial charge >= 0.3 is 0 Å². The SMILES string of the molecule is O=C(CN(Cc1cccs1)Cc1cccs1)N1CCN(c2ccccn2)CC1. The van der Waals surface area contributed by atoms with Crippen LogP contribution in [-0.4, -0.2) is 53.4 Å². The van der Waals surface area contributed by atoms with Gasteiger partial charge in [-0.2, -0.15) is 0 Å². The van der Waals surface area contributed by atoms with Crippen LogP contribution in [0.25, 0.3) is 0 Å². The lowest BCUT2D eigenvalue weighted by atomic mass is 10.2. The predicted molar refractivity (Wildman–Crippen MR) is 116 cm³/mol. The first-order chi connectivity index (χ1) is 13.8. The van der Waals surface area contributed by atoms with E-state index in [9.17, 15) is 4.79 Å². The number of aromatic nitrogens is 1. The number of rotatable bonds is 7. The molecule has 0 unspecified atom stereocenters. The number of amides is 1. The van der Waals surface area contributed by atoms with Gasteiger partial charge in [-0.25, -0.2) is 4.98 Å². The number of carbonyl (C=O) groups excluding carboxylic acids is 1. The molecule has 4 rings (SSSR count). The average molecular weight is 413 g/mol. The molecule has 1 fully saturated rings. The number of anilines is 1. The smallest absolute Gasteiger partial charge is 0.236 e. The molecule has 0 saturated carbocycles. The van der Waals surface area contributed by atoms with Crippen molar-refractivity contribution in [2.75, 3.05) is 37.6 Å². The fourth-order valence-electron chi connectivity index (χ4n) is 3.43. The first kappa shape index (κ1) is 19.1. The summed E-state index contributed by atoms with van der Waals surface area (Å²) in [7, 11) is 0. The van der Waals surface area contributed by atoms with Gasteiger partial charge in [0.15, 0.2) is 0 Å². The lowest BCUT2D eigenvalue weighted by Crippen LogP contribution is -2.51. The van der Waals surface area contributed by atoms with Gasteiger partial charge in [-0.05, 0) is 35.0 Å². The third kappa shape index (κ3) is 4.98. The van der Waals surface area contributed by atoms with E-state index in [4.69, 9.17) is 0 Å². The molecule has 0 bridgehead atoms. The van der Waals surface area contributed by atoms with E-state index in [2.05, 4.69) is 49.8 Å². The Morgan fingerprint density at radius 1 is 0.929 bits per heavy atom. The number of nitrogens with zero attached hydrogens (tertiary/aromatic N) is 4. The van der Waals surface area contributed by atoms with E-state index < -0.39 is 0 Å². The van der Waals surface area contributed by atoms with Gasteiger partial charge in [0.05, 0.1) is 6.54 Å². The quantitative estimate of drug-likeness (QED) is 0.595. The van der Waals surface area contributed by atoms with Crippen molar-refractivity contribution in [2.24, 2.45) is 0 Å². The Bertz CT molecular complexity index is 808. The third-order valence-electron chi connectivity index (χ3n) is 4.88. The van der Waals surface area contributed by atoms with Crippen molar-refractivity contribution in [2.45, 2.75) is 13.1 Å². The molecule has 0 spiro atoms. The van der Waals surface area contributed by atoms with Crippen molar-refractivity contribution in [1.29, 1.82) is 0 Å². The van der Waals surface area contributed by atoms with Crippen LogP contribution in [0.1, 0.15) is 9.75 Å². The summed E-state index contributed by atoms with van der Waals surface area (Å²) in [6.45, 7) is 5.25. The zero-order chi connectivity index (χ0) is 19.2. The van der Waals surface area contributed by atoms with Gasteiger partial charge in [0.1, 0.15) is 5.82 Å². The summed E-state index contributed by atoms with van der Waals surface area (Å²) in [6, 6.07) is 14.4. The summed E-state index contributed by atoms with van der Waals surface area (Å²) in [5.74, 6) is 1.21. The van der Waals surface area contributed by atoms with E-state index >= 15 is 0 Å². The largest absolute Gasteiger partial charge is 0.353 e. The van der Waals surface area contributed by atoms with Gasteiger partial charge in [-0.15, -0.1) is 22.7 Å². The molecule has 1 aliphatic heterocycles. The lowest BCUT2D eigenvalue weighted by molar-refractivity contribution is -0.133. The molecular formula is C21H24N4OS2. The Labute approximate surface area is 173 Å². The lowest BCUT2D eigenvalue weighted by Gasteiger charge is -2.36. The summed E-state index contributed by atoms with van der Waals surface area (Å²) in [6.07, 6.45) is 1.82. The van der Waals surface area contributed by atoms with E-state index in [1.54, 1.807) is 22.7 Å². The summed E-state index contributed by atoms with van der Waals surface area (Å²) < 4.78 is 0. The maximum absolute atomic E-state index is 13.0. The van der Waals surface area contributed by atoms with Crippen molar-refractivity contribution in [3.05, 3.63) is 69.2 Å². The molecule has 0 radical (unpaired) electrons. The van der Waals surface area contributed by atoms with E-state index in [0.717, 1.165) is 45.1 Å². The Morgan fingerprint density at radius 3 is 2.14 bits per heavy atom. The molecule has 0 N–H and O–H groups in total. The molecule has 7 heteroatoms. The van der Waals surface area contributed by atoms with Crippen LogP contribution in [0.2, 0.25) is 0 Å². The highest BCUT2D eigenvalue weighted by molar-refractivity contribution is 7.10. The summed E-state index contributed by atoms with van der Waals surface area (Å²) in [5, 5.41) is 4.19. The van der Waals surface area contributed by atoms with E-state index in [1.807, 2.05) is 29.3 Å². The topological polar surface area (TPSA) is 39.7 Å². The van der Waals surface area contributed by atoms with Crippen LogP contribution in [0.5, 0.6) is 0 Å². The monoisotopic (exact) mass is 412 g/mol. The van der Waals surface area contributed by atoms with Crippen molar-refractivity contribution < 1.29 is 4.79 Å². The minimum absolute atomic E-state index is 0.216. The Balaban J connectivity index is 1.34. The Morgan fingerprint density at radius 2 is 1.61 bits per heavy atom. The van der Waals surface area contributed by atoms with Crippen LogP contribution >= 0.6 is 22.7 Å². The molecule has 1 saturated heterocycles. The summed E-state index contributed by atoms with van der Waals surface area (Å²) >= 11 is 3.50. The van der Waals surface area contributed by atoms with Crippen LogP contribution in [0.15, 0.2) is 59.4 Å². The van der Waals surface area contributed by atoms with Crippen LogP contribution in [0.3, 0.4) is 0 Å². The van der Waals surface area contributed by atoms with Gasteiger partial charge in [-0.3, -0.25) is 9.69 Å². The van der Waals surface area contributed by atoms with Gasteiger partial charge in [0, 0.05) is 55.2 Å². The zero-order valence-electron chi connectivity index (χ0n) is 15.7. The second-order valence-electron chi connectivity index (χ2n) is 6.86. The minimum Gasteiger partial charge on any atom is -0.353 e. The maximum Gasteiger partial charge on any atom is 0.236 e. The number of hydrogen-bond acceptors (Lipinski definition) is 6. The molecule has 0 aromatic carbocycles. The van der Waals surface area contributed by atoms with E-state index in [1.165, 1.54) is 9.75 Å². The van der Waals surface area contributed by atoms with Crippen molar-refractivity contribution in [1.82, 2.24) is 14.8 Å². The second-order valence-corrected chi connectivity index (χ2v) is 8.92. The van der Waals surface area contributed by atoms with E-state index in [0.29, 0.717) is 6.54 Å². The second kappa shape index (κ2) is 9.32. The Hall–Kier alpha value is -2.22. The van der Waals surface area contributed by atoms with Gasteiger partial charge in [-0.1, -0.05) is 18.2 Å².